The van der Waals surface area contributed by atoms with Crippen LogP contribution in [0.1, 0.15) is 19.8 Å². The number of benzene rings is 1. The molecule has 3 N–H and O–H groups in total. The fraction of sp³-hybridized carbons (Fsp3) is 0.467. The van der Waals surface area contributed by atoms with Crippen LogP contribution in [-0.4, -0.2) is 34.6 Å². The van der Waals surface area contributed by atoms with E-state index in [1.165, 1.54) is 5.57 Å². The van der Waals surface area contributed by atoms with Crippen molar-refractivity contribution in [2.24, 2.45) is 0 Å². The van der Waals surface area contributed by atoms with E-state index in [0.717, 1.165) is 32.5 Å². The minimum absolute atomic E-state index is 0.311. The van der Waals surface area contributed by atoms with Crippen molar-refractivity contribution in [1.82, 2.24) is 10.0 Å². The molecule has 1 heterocycles. The predicted molar refractivity (Wildman–Crippen MR) is 86.0 cm³/mol. The van der Waals surface area contributed by atoms with Crippen molar-refractivity contribution in [3.05, 3.63) is 35.9 Å². The lowest BCUT2D eigenvalue weighted by Gasteiger charge is -2.16. The van der Waals surface area contributed by atoms with Crippen molar-refractivity contribution in [3.8, 4) is 0 Å². The maximum Gasteiger partial charge on any atom is 0.242 e. The van der Waals surface area contributed by atoms with Gasteiger partial charge in [0.05, 0.1) is 5.69 Å². The smallest absolute Gasteiger partial charge is 0.242 e. The number of para-hydroxylation sites is 1. The summed E-state index contributed by atoms with van der Waals surface area (Å²) < 4.78 is 26.8. The Hall–Kier alpha value is -1.37. The van der Waals surface area contributed by atoms with E-state index in [0.29, 0.717) is 17.1 Å². The molecule has 0 bridgehead atoms. The number of anilines is 1. The van der Waals surface area contributed by atoms with Crippen LogP contribution in [-0.2, 0) is 10.0 Å². The monoisotopic (exact) mass is 309 g/mol. The van der Waals surface area contributed by atoms with Gasteiger partial charge in [0, 0.05) is 19.6 Å². The molecule has 0 saturated heterocycles. The molecule has 0 unspecified atom stereocenters. The molecule has 1 aromatic rings. The summed E-state index contributed by atoms with van der Waals surface area (Å²) in [6, 6.07) is 7.02. The Morgan fingerprint density at radius 1 is 1.29 bits per heavy atom. The largest absolute Gasteiger partial charge is 0.384 e. The minimum Gasteiger partial charge on any atom is -0.384 e. The molecule has 5 nitrogen and oxygen atoms in total. The molecular weight excluding hydrogens is 286 g/mol. The zero-order chi connectivity index (χ0) is 15.1. The first-order valence-corrected chi connectivity index (χ1v) is 8.83. The number of hydrogen-bond acceptors (Lipinski definition) is 4. The molecule has 0 aliphatic carbocycles. The first-order valence-electron chi connectivity index (χ1n) is 7.34. The summed E-state index contributed by atoms with van der Waals surface area (Å²) in [4.78, 5) is 0.311. The van der Waals surface area contributed by atoms with Crippen LogP contribution in [0.3, 0.4) is 0 Å². The third-order valence-corrected chi connectivity index (χ3v) is 5.03. The lowest BCUT2D eigenvalue weighted by atomic mass is 10.1. The first kappa shape index (κ1) is 16.0. The maximum atomic E-state index is 12.1. The highest BCUT2D eigenvalue weighted by atomic mass is 32.2. The van der Waals surface area contributed by atoms with Crippen molar-refractivity contribution in [1.29, 1.82) is 0 Å². The Labute approximate surface area is 126 Å². The van der Waals surface area contributed by atoms with Crippen LogP contribution in [0.15, 0.2) is 40.8 Å². The second kappa shape index (κ2) is 7.59. The molecule has 1 aliphatic heterocycles. The van der Waals surface area contributed by atoms with Crippen molar-refractivity contribution < 1.29 is 8.42 Å². The van der Waals surface area contributed by atoms with Gasteiger partial charge in [0.25, 0.3) is 0 Å². The number of hydrogen-bond donors (Lipinski definition) is 3. The van der Waals surface area contributed by atoms with Gasteiger partial charge in [-0.2, -0.15) is 0 Å². The molecule has 1 aliphatic rings. The molecular formula is C15H23N3O2S. The van der Waals surface area contributed by atoms with Crippen LogP contribution >= 0.6 is 0 Å². The van der Waals surface area contributed by atoms with E-state index in [9.17, 15) is 8.42 Å². The molecule has 0 atom stereocenters. The minimum atomic E-state index is -3.43. The van der Waals surface area contributed by atoms with Crippen LogP contribution < -0.4 is 15.4 Å². The zero-order valence-electron chi connectivity index (χ0n) is 12.4. The fourth-order valence-electron chi connectivity index (χ4n) is 2.37. The van der Waals surface area contributed by atoms with Gasteiger partial charge in [0.2, 0.25) is 10.0 Å². The summed E-state index contributed by atoms with van der Waals surface area (Å²) in [5.41, 5.74) is 2.08. The standard InChI is InChI=1S/C15H23N3O2S/c1-2-18-21(19,20)15-6-4-3-5-14(15)17-12-9-13-7-10-16-11-8-13/h3-7,16-18H,2,8-12H2,1H3. The third kappa shape index (κ3) is 4.56. The normalized spacial score (nSPS) is 15.6. The molecule has 2 rings (SSSR count). The molecule has 0 radical (unpaired) electrons. The van der Waals surface area contributed by atoms with Crippen LogP contribution in [0, 0.1) is 0 Å². The van der Waals surface area contributed by atoms with Crippen LogP contribution in [0.4, 0.5) is 5.69 Å². The molecule has 116 valence electrons. The Bertz CT molecular complexity index is 597. The molecule has 0 fully saturated rings. The van der Waals surface area contributed by atoms with Gasteiger partial charge in [-0.05, 0) is 31.5 Å². The van der Waals surface area contributed by atoms with Crippen molar-refractivity contribution >= 4 is 15.7 Å². The van der Waals surface area contributed by atoms with Crippen LogP contribution in [0.2, 0.25) is 0 Å². The highest BCUT2D eigenvalue weighted by Gasteiger charge is 2.16. The van der Waals surface area contributed by atoms with Crippen molar-refractivity contribution in [2.75, 3.05) is 31.5 Å². The molecule has 0 spiro atoms. The molecule has 21 heavy (non-hydrogen) atoms. The Morgan fingerprint density at radius 2 is 2.10 bits per heavy atom. The van der Waals surface area contributed by atoms with Gasteiger partial charge in [-0.25, -0.2) is 13.1 Å². The van der Waals surface area contributed by atoms with E-state index in [2.05, 4.69) is 21.4 Å². The van der Waals surface area contributed by atoms with E-state index >= 15 is 0 Å². The van der Waals surface area contributed by atoms with Gasteiger partial charge in [0.15, 0.2) is 0 Å². The van der Waals surface area contributed by atoms with E-state index in [-0.39, 0.29) is 0 Å². The quantitative estimate of drug-likeness (QED) is 0.671. The zero-order valence-corrected chi connectivity index (χ0v) is 13.2. The number of nitrogens with one attached hydrogen (secondary N) is 3. The van der Waals surface area contributed by atoms with Gasteiger partial charge >= 0.3 is 0 Å². The molecule has 0 aromatic heterocycles. The summed E-state index contributed by atoms with van der Waals surface area (Å²) >= 11 is 0. The number of rotatable bonds is 7. The maximum absolute atomic E-state index is 12.1. The van der Waals surface area contributed by atoms with Crippen LogP contribution in [0.5, 0.6) is 0 Å². The lowest BCUT2D eigenvalue weighted by molar-refractivity contribution is 0.584. The average Bonchev–Trinajstić information content (AvgIpc) is 2.49. The molecule has 0 saturated carbocycles. The highest BCUT2D eigenvalue weighted by Crippen LogP contribution is 2.21. The summed E-state index contributed by atoms with van der Waals surface area (Å²) in [5.74, 6) is 0. The van der Waals surface area contributed by atoms with E-state index in [1.54, 1.807) is 25.1 Å². The van der Waals surface area contributed by atoms with Gasteiger partial charge in [0.1, 0.15) is 4.90 Å². The lowest BCUT2D eigenvalue weighted by Crippen LogP contribution is -2.24. The molecule has 1 aromatic carbocycles. The Morgan fingerprint density at radius 3 is 2.81 bits per heavy atom. The second-order valence-corrected chi connectivity index (χ2v) is 6.73. The summed E-state index contributed by atoms with van der Waals surface area (Å²) in [6.45, 7) is 4.86. The first-order chi connectivity index (χ1) is 10.1. The Kier molecular flexibility index (Phi) is 5.78. The van der Waals surface area contributed by atoms with Gasteiger partial charge < -0.3 is 10.6 Å². The highest BCUT2D eigenvalue weighted by molar-refractivity contribution is 7.89. The van der Waals surface area contributed by atoms with E-state index < -0.39 is 10.0 Å². The predicted octanol–water partition coefficient (Wildman–Crippen LogP) is 1.71. The fourth-order valence-corrected chi connectivity index (χ4v) is 3.59. The third-order valence-electron chi connectivity index (χ3n) is 3.43. The number of sulfonamides is 1. The summed E-state index contributed by atoms with van der Waals surface area (Å²) in [6.07, 6.45) is 4.22. The van der Waals surface area contributed by atoms with E-state index in [1.807, 2.05) is 6.07 Å². The molecule has 0 amide bonds. The topological polar surface area (TPSA) is 70.2 Å². The van der Waals surface area contributed by atoms with Gasteiger partial charge in [-0.1, -0.05) is 30.7 Å². The van der Waals surface area contributed by atoms with Gasteiger partial charge in [-0.15, -0.1) is 0 Å². The average molecular weight is 309 g/mol. The summed E-state index contributed by atoms with van der Waals surface area (Å²) in [5, 5.41) is 6.53. The van der Waals surface area contributed by atoms with Crippen molar-refractivity contribution in [3.63, 3.8) is 0 Å². The second-order valence-electron chi connectivity index (χ2n) is 4.99. The van der Waals surface area contributed by atoms with E-state index in [4.69, 9.17) is 0 Å². The van der Waals surface area contributed by atoms with Crippen molar-refractivity contribution in [2.45, 2.75) is 24.7 Å². The molecule has 6 heteroatoms. The van der Waals surface area contributed by atoms with Crippen LogP contribution in [0.25, 0.3) is 0 Å². The van der Waals surface area contributed by atoms with Gasteiger partial charge in [-0.3, -0.25) is 0 Å². The Balaban J connectivity index is 2.01. The summed E-state index contributed by atoms with van der Waals surface area (Å²) in [7, 11) is -3.43. The SMILES string of the molecule is CCNS(=O)(=O)c1ccccc1NCCC1=CCNCC1.